The largest absolute Gasteiger partial charge is 0.398 e. The standard InChI is InChI=1S/C20H19BrN4OS/c1-25(2)15-5-7-16(8-6-15)27-18-9-3-13(11-17(18)22)20(26)24-19-10-4-14(21)12-23-19/h3-12H,22H2,1-2H3,(H,23,24,26). The number of halogens is 1. The molecule has 7 heteroatoms. The molecule has 1 aromatic heterocycles. The molecule has 0 aliphatic heterocycles. The van der Waals surface area contributed by atoms with Crippen LogP contribution in [0.1, 0.15) is 10.4 Å². The van der Waals surface area contributed by atoms with Crippen molar-refractivity contribution in [3.8, 4) is 0 Å². The monoisotopic (exact) mass is 442 g/mol. The number of hydrogen-bond donors (Lipinski definition) is 2. The summed E-state index contributed by atoms with van der Waals surface area (Å²) < 4.78 is 0.852. The first-order valence-corrected chi connectivity index (χ1v) is 9.81. The van der Waals surface area contributed by atoms with E-state index in [1.807, 2.05) is 26.2 Å². The van der Waals surface area contributed by atoms with Crippen molar-refractivity contribution in [1.82, 2.24) is 4.98 Å². The summed E-state index contributed by atoms with van der Waals surface area (Å²) in [6.45, 7) is 0. The third-order valence-electron chi connectivity index (χ3n) is 3.82. The Morgan fingerprint density at radius 2 is 1.85 bits per heavy atom. The first kappa shape index (κ1) is 19.3. The molecular formula is C20H19BrN4OS. The third kappa shape index (κ3) is 5.02. The number of nitrogens with zero attached hydrogens (tertiary/aromatic N) is 2. The van der Waals surface area contributed by atoms with Crippen molar-refractivity contribution in [1.29, 1.82) is 0 Å². The zero-order chi connectivity index (χ0) is 19.4. The molecule has 0 spiro atoms. The SMILES string of the molecule is CN(C)c1ccc(Sc2ccc(C(=O)Nc3ccc(Br)cn3)cc2N)cc1. The molecular weight excluding hydrogens is 424 g/mol. The van der Waals surface area contributed by atoms with Crippen molar-refractivity contribution in [2.24, 2.45) is 0 Å². The summed E-state index contributed by atoms with van der Waals surface area (Å²) >= 11 is 4.88. The first-order chi connectivity index (χ1) is 12.9. The number of rotatable bonds is 5. The van der Waals surface area contributed by atoms with Gasteiger partial charge in [-0.1, -0.05) is 11.8 Å². The van der Waals surface area contributed by atoms with E-state index in [0.717, 1.165) is 20.0 Å². The second-order valence-electron chi connectivity index (χ2n) is 6.06. The van der Waals surface area contributed by atoms with Crippen LogP contribution in [0.15, 0.2) is 75.1 Å². The third-order valence-corrected chi connectivity index (χ3v) is 5.39. The number of nitrogen functional groups attached to an aromatic ring is 1. The molecule has 3 N–H and O–H groups in total. The number of hydrogen-bond acceptors (Lipinski definition) is 5. The summed E-state index contributed by atoms with van der Waals surface area (Å²) in [7, 11) is 4.02. The van der Waals surface area contributed by atoms with Crippen LogP contribution in [-0.4, -0.2) is 25.0 Å². The van der Waals surface area contributed by atoms with Crippen molar-refractivity contribution in [2.75, 3.05) is 30.0 Å². The van der Waals surface area contributed by atoms with Crippen molar-refractivity contribution >= 4 is 50.8 Å². The Kier molecular flexibility index (Phi) is 6.03. The maximum atomic E-state index is 12.4. The van der Waals surface area contributed by atoms with Gasteiger partial charge in [0.2, 0.25) is 0 Å². The van der Waals surface area contributed by atoms with Gasteiger partial charge in [-0.05, 0) is 70.5 Å². The lowest BCUT2D eigenvalue weighted by atomic mass is 10.2. The molecule has 0 fully saturated rings. The summed E-state index contributed by atoms with van der Waals surface area (Å²) in [5.74, 6) is 0.240. The average Bonchev–Trinajstić information content (AvgIpc) is 2.65. The van der Waals surface area contributed by atoms with Crippen molar-refractivity contribution in [3.63, 3.8) is 0 Å². The maximum Gasteiger partial charge on any atom is 0.256 e. The fourth-order valence-electron chi connectivity index (χ4n) is 2.36. The fourth-order valence-corrected chi connectivity index (χ4v) is 3.43. The Balaban J connectivity index is 1.71. The summed E-state index contributed by atoms with van der Waals surface area (Å²) in [5, 5.41) is 2.76. The topological polar surface area (TPSA) is 71.2 Å². The van der Waals surface area contributed by atoms with Crippen LogP contribution in [0, 0.1) is 0 Å². The van der Waals surface area contributed by atoms with Gasteiger partial charge in [0.25, 0.3) is 5.91 Å². The van der Waals surface area contributed by atoms with Crippen molar-refractivity contribution in [3.05, 3.63) is 70.8 Å². The molecule has 0 saturated heterocycles. The first-order valence-electron chi connectivity index (χ1n) is 8.20. The van der Waals surface area contributed by atoms with Gasteiger partial charge in [0.15, 0.2) is 0 Å². The summed E-state index contributed by atoms with van der Waals surface area (Å²) in [6, 6.07) is 17.1. The quantitative estimate of drug-likeness (QED) is 0.549. The Morgan fingerprint density at radius 1 is 1.11 bits per heavy atom. The molecule has 0 aliphatic carbocycles. The number of carbonyl (C=O) groups excluding carboxylic acids is 1. The van der Waals surface area contributed by atoms with Gasteiger partial charge in [0.1, 0.15) is 5.82 Å². The van der Waals surface area contributed by atoms with E-state index in [4.69, 9.17) is 5.73 Å². The van der Waals surface area contributed by atoms with E-state index in [1.54, 1.807) is 36.2 Å². The zero-order valence-corrected chi connectivity index (χ0v) is 17.3. The Morgan fingerprint density at radius 3 is 2.44 bits per heavy atom. The van der Waals surface area contributed by atoms with Crippen LogP contribution in [0.25, 0.3) is 0 Å². The average molecular weight is 443 g/mol. The van der Waals surface area contributed by atoms with Gasteiger partial charge in [-0.15, -0.1) is 0 Å². The molecule has 1 heterocycles. The van der Waals surface area contributed by atoms with E-state index in [0.29, 0.717) is 17.1 Å². The van der Waals surface area contributed by atoms with Gasteiger partial charge in [-0.3, -0.25) is 4.79 Å². The van der Waals surface area contributed by atoms with Gasteiger partial charge in [0, 0.05) is 51.5 Å². The minimum Gasteiger partial charge on any atom is -0.398 e. The van der Waals surface area contributed by atoms with Crippen LogP contribution in [0.3, 0.4) is 0 Å². The lowest BCUT2D eigenvalue weighted by Crippen LogP contribution is -2.13. The summed E-state index contributed by atoms with van der Waals surface area (Å²) in [5.41, 5.74) is 8.36. The van der Waals surface area contributed by atoms with E-state index < -0.39 is 0 Å². The number of pyridine rings is 1. The van der Waals surface area contributed by atoms with Crippen LogP contribution >= 0.6 is 27.7 Å². The summed E-state index contributed by atoms with van der Waals surface area (Å²) in [6.07, 6.45) is 1.63. The minimum atomic E-state index is -0.247. The van der Waals surface area contributed by atoms with E-state index in [1.165, 1.54) is 0 Å². The molecule has 138 valence electrons. The normalized spacial score (nSPS) is 10.5. The predicted octanol–water partition coefficient (Wildman–Crippen LogP) is 4.90. The number of carbonyl (C=O) groups is 1. The van der Waals surface area contributed by atoms with Crippen LogP contribution < -0.4 is 16.0 Å². The van der Waals surface area contributed by atoms with E-state index in [-0.39, 0.29) is 5.91 Å². The molecule has 0 bridgehead atoms. The van der Waals surface area contributed by atoms with Gasteiger partial charge >= 0.3 is 0 Å². The maximum absolute atomic E-state index is 12.4. The predicted molar refractivity (Wildman–Crippen MR) is 116 cm³/mol. The highest BCUT2D eigenvalue weighted by molar-refractivity contribution is 9.10. The number of aromatic nitrogens is 1. The second-order valence-corrected chi connectivity index (χ2v) is 8.09. The van der Waals surface area contributed by atoms with E-state index in [2.05, 4.69) is 55.4 Å². The van der Waals surface area contributed by atoms with Gasteiger partial charge < -0.3 is 16.0 Å². The Hall–Kier alpha value is -2.51. The van der Waals surface area contributed by atoms with Crippen LogP contribution in [0.5, 0.6) is 0 Å². The van der Waals surface area contributed by atoms with E-state index >= 15 is 0 Å². The lowest BCUT2D eigenvalue weighted by Gasteiger charge is -2.13. The molecule has 1 amide bonds. The molecule has 5 nitrogen and oxygen atoms in total. The van der Waals surface area contributed by atoms with Crippen LogP contribution in [0.4, 0.5) is 17.2 Å². The zero-order valence-electron chi connectivity index (χ0n) is 14.9. The van der Waals surface area contributed by atoms with Gasteiger partial charge in [-0.2, -0.15) is 0 Å². The summed E-state index contributed by atoms with van der Waals surface area (Å²) in [4.78, 5) is 20.6. The second kappa shape index (κ2) is 8.45. The minimum absolute atomic E-state index is 0.247. The molecule has 0 radical (unpaired) electrons. The van der Waals surface area contributed by atoms with Crippen LogP contribution in [0.2, 0.25) is 0 Å². The molecule has 0 unspecified atom stereocenters. The van der Waals surface area contributed by atoms with E-state index in [9.17, 15) is 4.79 Å². The number of benzene rings is 2. The van der Waals surface area contributed by atoms with Crippen molar-refractivity contribution < 1.29 is 4.79 Å². The number of nitrogens with two attached hydrogens (primary N) is 1. The van der Waals surface area contributed by atoms with Gasteiger partial charge in [-0.25, -0.2) is 4.98 Å². The highest BCUT2D eigenvalue weighted by atomic mass is 79.9. The number of anilines is 3. The molecule has 0 aliphatic rings. The van der Waals surface area contributed by atoms with Crippen molar-refractivity contribution in [2.45, 2.75) is 9.79 Å². The number of amides is 1. The Labute approximate surface area is 171 Å². The molecule has 27 heavy (non-hydrogen) atoms. The Bertz CT molecular complexity index is 943. The molecule has 2 aromatic carbocycles. The smallest absolute Gasteiger partial charge is 0.256 e. The van der Waals surface area contributed by atoms with Crippen LogP contribution in [-0.2, 0) is 0 Å². The molecule has 3 rings (SSSR count). The molecule has 0 atom stereocenters. The lowest BCUT2D eigenvalue weighted by molar-refractivity contribution is 0.102. The highest BCUT2D eigenvalue weighted by Gasteiger charge is 2.10. The van der Waals surface area contributed by atoms with Gasteiger partial charge in [0.05, 0.1) is 0 Å². The molecule has 0 saturated carbocycles. The molecule has 3 aromatic rings. The number of nitrogens with one attached hydrogen (secondary N) is 1. The highest BCUT2D eigenvalue weighted by Crippen LogP contribution is 2.33. The fraction of sp³-hybridized carbons (Fsp3) is 0.100.